The Labute approximate surface area is 120 Å². The van der Waals surface area contributed by atoms with E-state index in [0.29, 0.717) is 24.6 Å². The van der Waals surface area contributed by atoms with Crippen LogP contribution in [-0.2, 0) is 0 Å². The van der Waals surface area contributed by atoms with Crippen LogP contribution in [0.15, 0.2) is 18.3 Å². The zero-order chi connectivity index (χ0) is 14.5. The Morgan fingerprint density at radius 1 is 1.45 bits per heavy atom. The van der Waals surface area contributed by atoms with Crippen LogP contribution in [0.2, 0.25) is 0 Å². The van der Waals surface area contributed by atoms with E-state index in [1.807, 2.05) is 30.0 Å². The SMILES string of the molecule is CN(C)c1cc(C(=O)N(CCCO)C2CCC2)ccn1. The summed E-state index contributed by atoms with van der Waals surface area (Å²) in [6.45, 7) is 0.745. The van der Waals surface area contributed by atoms with E-state index in [0.717, 1.165) is 18.7 Å². The van der Waals surface area contributed by atoms with Gasteiger partial charge in [-0.25, -0.2) is 4.98 Å². The quantitative estimate of drug-likeness (QED) is 0.856. The molecule has 0 unspecified atom stereocenters. The van der Waals surface area contributed by atoms with Crippen molar-refractivity contribution in [3.05, 3.63) is 23.9 Å². The van der Waals surface area contributed by atoms with Gasteiger partial charge in [-0.15, -0.1) is 0 Å². The minimum absolute atomic E-state index is 0.0497. The predicted molar refractivity (Wildman–Crippen MR) is 78.9 cm³/mol. The highest BCUT2D eigenvalue weighted by molar-refractivity contribution is 5.95. The molecule has 20 heavy (non-hydrogen) atoms. The molecule has 5 nitrogen and oxygen atoms in total. The van der Waals surface area contributed by atoms with E-state index in [-0.39, 0.29) is 12.5 Å². The van der Waals surface area contributed by atoms with Crippen LogP contribution in [-0.4, -0.2) is 54.2 Å². The molecule has 1 amide bonds. The zero-order valence-corrected chi connectivity index (χ0v) is 12.2. The molecular formula is C15H23N3O2. The number of nitrogens with zero attached hydrogens (tertiary/aromatic N) is 3. The van der Waals surface area contributed by atoms with Gasteiger partial charge in [0.1, 0.15) is 5.82 Å². The number of carbonyl (C=O) groups excluding carboxylic acids is 1. The molecule has 1 aliphatic rings. The van der Waals surface area contributed by atoms with E-state index in [1.54, 1.807) is 12.3 Å². The van der Waals surface area contributed by atoms with E-state index in [2.05, 4.69) is 4.98 Å². The minimum atomic E-state index is 0.0497. The van der Waals surface area contributed by atoms with Crippen molar-refractivity contribution in [2.45, 2.75) is 31.7 Å². The molecule has 5 heteroatoms. The molecule has 2 rings (SSSR count). The Kier molecular flexibility index (Phi) is 4.95. The number of anilines is 1. The van der Waals surface area contributed by atoms with Crippen molar-refractivity contribution < 1.29 is 9.90 Å². The standard InChI is InChI=1S/C15H23N3O2/c1-17(2)14-11-12(7-8-16-14)15(20)18(9-4-10-19)13-5-3-6-13/h7-8,11,13,19H,3-6,9-10H2,1-2H3. The van der Waals surface area contributed by atoms with Gasteiger partial charge in [0.05, 0.1) is 0 Å². The second-order valence-electron chi connectivity index (χ2n) is 5.46. The van der Waals surface area contributed by atoms with Crippen LogP contribution in [0.3, 0.4) is 0 Å². The highest BCUT2D eigenvalue weighted by Gasteiger charge is 2.29. The third kappa shape index (κ3) is 3.28. The number of aliphatic hydroxyl groups is 1. The first kappa shape index (κ1) is 14.8. The molecule has 0 saturated heterocycles. The summed E-state index contributed by atoms with van der Waals surface area (Å²) < 4.78 is 0. The highest BCUT2D eigenvalue weighted by atomic mass is 16.3. The van der Waals surface area contributed by atoms with Gasteiger partial charge in [0.2, 0.25) is 0 Å². The molecular weight excluding hydrogens is 254 g/mol. The lowest BCUT2D eigenvalue weighted by Crippen LogP contribution is -2.45. The molecule has 0 radical (unpaired) electrons. The van der Waals surface area contributed by atoms with Crippen LogP contribution >= 0.6 is 0 Å². The van der Waals surface area contributed by atoms with Crippen LogP contribution in [0, 0.1) is 0 Å². The highest BCUT2D eigenvalue weighted by Crippen LogP contribution is 2.26. The van der Waals surface area contributed by atoms with Crippen LogP contribution in [0.4, 0.5) is 5.82 Å². The second-order valence-corrected chi connectivity index (χ2v) is 5.46. The van der Waals surface area contributed by atoms with Crippen molar-refractivity contribution in [3.8, 4) is 0 Å². The number of aliphatic hydroxyl groups excluding tert-OH is 1. The molecule has 1 aromatic heterocycles. The number of rotatable bonds is 6. The summed E-state index contributed by atoms with van der Waals surface area (Å²) in [6, 6.07) is 3.93. The van der Waals surface area contributed by atoms with Gasteiger partial charge in [-0.2, -0.15) is 0 Å². The molecule has 0 atom stereocenters. The van der Waals surface area contributed by atoms with Gasteiger partial charge in [0.25, 0.3) is 5.91 Å². The van der Waals surface area contributed by atoms with Crippen molar-refractivity contribution in [1.82, 2.24) is 9.88 Å². The summed E-state index contributed by atoms with van der Waals surface area (Å²) in [7, 11) is 3.82. The summed E-state index contributed by atoms with van der Waals surface area (Å²) >= 11 is 0. The molecule has 1 aromatic rings. The Morgan fingerprint density at radius 2 is 2.20 bits per heavy atom. The molecule has 0 aliphatic heterocycles. The third-order valence-electron chi connectivity index (χ3n) is 3.78. The van der Waals surface area contributed by atoms with Crippen LogP contribution in [0.1, 0.15) is 36.0 Å². The molecule has 0 aromatic carbocycles. The molecule has 1 aliphatic carbocycles. The molecule has 1 fully saturated rings. The number of hydrogen-bond acceptors (Lipinski definition) is 4. The van der Waals surface area contributed by atoms with Gasteiger partial charge in [-0.05, 0) is 37.8 Å². The lowest BCUT2D eigenvalue weighted by Gasteiger charge is -2.37. The zero-order valence-electron chi connectivity index (χ0n) is 12.2. The summed E-state index contributed by atoms with van der Waals surface area (Å²) in [5.74, 6) is 0.834. The van der Waals surface area contributed by atoms with Gasteiger partial charge in [0, 0.05) is 45.0 Å². The normalized spacial score (nSPS) is 14.8. The van der Waals surface area contributed by atoms with Crippen molar-refractivity contribution in [3.63, 3.8) is 0 Å². The van der Waals surface area contributed by atoms with Gasteiger partial charge < -0.3 is 14.9 Å². The van der Waals surface area contributed by atoms with Crippen molar-refractivity contribution in [1.29, 1.82) is 0 Å². The van der Waals surface area contributed by atoms with Crippen molar-refractivity contribution in [2.24, 2.45) is 0 Å². The maximum Gasteiger partial charge on any atom is 0.254 e. The molecule has 1 saturated carbocycles. The maximum atomic E-state index is 12.7. The van der Waals surface area contributed by atoms with E-state index in [1.165, 1.54) is 6.42 Å². The van der Waals surface area contributed by atoms with E-state index in [9.17, 15) is 4.79 Å². The van der Waals surface area contributed by atoms with Gasteiger partial charge in [-0.1, -0.05) is 0 Å². The summed E-state index contributed by atoms with van der Waals surface area (Å²) in [5, 5.41) is 9.00. The van der Waals surface area contributed by atoms with Crippen molar-refractivity contribution >= 4 is 11.7 Å². The summed E-state index contributed by atoms with van der Waals surface area (Å²) in [5.41, 5.74) is 0.675. The first-order valence-electron chi connectivity index (χ1n) is 7.18. The van der Waals surface area contributed by atoms with Crippen LogP contribution < -0.4 is 4.90 Å². The molecule has 110 valence electrons. The third-order valence-corrected chi connectivity index (χ3v) is 3.78. The second kappa shape index (κ2) is 6.70. The Hall–Kier alpha value is -1.62. The Morgan fingerprint density at radius 3 is 2.75 bits per heavy atom. The fourth-order valence-electron chi connectivity index (χ4n) is 2.35. The first-order chi connectivity index (χ1) is 9.63. The lowest BCUT2D eigenvalue weighted by atomic mass is 9.91. The van der Waals surface area contributed by atoms with Gasteiger partial charge in [0.15, 0.2) is 0 Å². The van der Waals surface area contributed by atoms with Gasteiger partial charge in [-0.3, -0.25) is 4.79 Å². The molecule has 0 bridgehead atoms. The van der Waals surface area contributed by atoms with Crippen LogP contribution in [0.25, 0.3) is 0 Å². The number of hydrogen-bond donors (Lipinski definition) is 1. The Bertz CT molecular complexity index is 458. The Balaban J connectivity index is 2.15. The fourth-order valence-corrected chi connectivity index (χ4v) is 2.35. The maximum absolute atomic E-state index is 12.7. The average Bonchev–Trinajstić information content (AvgIpc) is 2.40. The monoisotopic (exact) mass is 277 g/mol. The fraction of sp³-hybridized carbons (Fsp3) is 0.600. The number of aromatic nitrogens is 1. The topological polar surface area (TPSA) is 56.7 Å². The molecule has 1 N–H and O–H groups in total. The first-order valence-corrected chi connectivity index (χ1v) is 7.18. The predicted octanol–water partition coefficient (Wildman–Crippen LogP) is 1.52. The van der Waals surface area contributed by atoms with Gasteiger partial charge >= 0.3 is 0 Å². The molecule has 0 spiro atoms. The van der Waals surface area contributed by atoms with Crippen molar-refractivity contribution in [2.75, 3.05) is 32.1 Å². The molecule has 1 heterocycles. The lowest BCUT2D eigenvalue weighted by molar-refractivity contribution is 0.0562. The largest absolute Gasteiger partial charge is 0.396 e. The summed E-state index contributed by atoms with van der Waals surface area (Å²) in [4.78, 5) is 20.7. The smallest absolute Gasteiger partial charge is 0.254 e. The average molecular weight is 277 g/mol. The number of amides is 1. The minimum Gasteiger partial charge on any atom is -0.396 e. The van der Waals surface area contributed by atoms with E-state index in [4.69, 9.17) is 5.11 Å². The van der Waals surface area contributed by atoms with Crippen LogP contribution in [0.5, 0.6) is 0 Å². The number of carbonyl (C=O) groups is 1. The van der Waals surface area contributed by atoms with E-state index >= 15 is 0 Å². The van der Waals surface area contributed by atoms with E-state index < -0.39 is 0 Å². The number of pyridine rings is 1. The summed E-state index contributed by atoms with van der Waals surface area (Å²) in [6.07, 6.45) is 5.64.